The van der Waals surface area contributed by atoms with Gasteiger partial charge in [0.25, 0.3) is 0 Å². The van der Waals surface area contributed by atoms with Crippen molar-refractivity contribution in [2.24, 2.45) is 0 Å². The lowest BCUT2D eigenvalue weighted by molar-refractivity contribution is 0.627. The second-order valence-corrected chi connectivity index (χ2v) is 3.25. The van der Waals surface area contributed by atoms with Crippen molar-refractivity contribution in [3.05, 3.63) is 47.8 Å². The van der Waals surface area contributed by atoms with Crippen LogP contribution in [0.3, 0.4) is 0 Å². The van der Waals surface area contributed by atoms with Crippen molar-refractivity contribution >= 4 is 15.9 Å². The van der Waals surface area contributed by atoms with Crippen LogP contribution in [0.25, 0.3) is 0 Å². The highest BCUT2D eigenvalue weighted by Crippen LogP contribution is 2.09. The summed E-state index contributed by atoms with van der Waals surface area (Å²) in [5, 5.41) is 0.796. The second kappa shape index (κ2) is 4.41. The zero-order chi connectivity index (χ0) is 8.97. The summed E-state index contributed by atoms with van der Waals surface area (Å²) in [5.74, 6) is -0.191. The number of hydrogen-bond acceptors (Lipinski definition) is 0. The predicted molar refractivity (Wildman–Crippen MR) is 53.0 cm³/mol. The summed E-state index contributed by atoms with van der Waals surface area (Å²) >= 11 is 3.31. The molecule has 0 atom stereocenters. The molecule has 0 bridgehead atoms. The molecule has 0 amide bonds. The Bertz CT molecular complexity index is 264. The maximum atomic E-state index is 12.5. The summed E-state index contributed by atoms with van der Waals surface area (Å²) in [5.41, 5.74) is 2.20. The molecule has 0 spiro atoms. The molecule has 2 heteroatoms. The van der Waals surface area contributed by atoms with Gasteiger partial charge < -0.3 is 0 Å². The largest absolute Gasteiger partial charge is 0.207 e. The van der Waals surface area contributed by atoms with Crippen LogP contribution in [-0.2, 0) is 6.42 Å². The van der Waals surface area contributed by atoms with Gasteiger partial charge in [0.1, 0.15) is 5.82 Å². The van der Waals surface area contributed by atoms with Crippen molar-refractivity contribution in [2.45, 2.75) is 6.42 Å². The number of allylic oxidation sites excluding steroid dienone is 1. The monoisotopic (exact) mass is 228 g/mol. The average molecular weight is 229 g/mol. The normalized spacial score (nSPS) is 9.83. The second-order valence-electron chi connectivity index (χ2n) is 2.69. The van der Waals surface area contributed by atoms with Crippen LogP contribution in [0.4, 0.5) is 4.39 Å². The van der Waals surface area contributed by atoms with Gasteiger partial charge in [0.15, 0.2) is 0 Å². The van der Waals surface area contributed by atoms with E-state index in [1.54, 1.807) is 12.1 Å². The van der Waals surface area contributed by atoms with Crippen LogP contribution in [0.15, 0.2) is 36.4 Å². The van der Waals surface area contributed by atoms with Crippen LogP contribution in [0, 0.1) is 5.82 Å². The molecule has 0 aromatic heterocycles. The van der Waals surface area contributed by atoms with E-state index in [0.29, 0.717) is 0 Å². The lowest BCUT2D eigenvalue weighted by atomic mass is 10.1. The van der Waals surface area contributed by atoms with Crippen molar-refractivity contribution < 1.29 is 4.39 Å². The Kier molecular flexibility index (Phi) is 3.48. The van der Waals surface area contributed by atoms with Crippen molar-refractivity contribution in [3.63, 3.8) is 0 Å². The smallest absolute Gasteiger partial charge is 0.123 e. The maximum absolute atomic E-state index is 12.5. The molecule has 12 heavy (non-hydrogen) atoms. The van der Waals surface area contributed by atoms with Gasteiger partial charge in [-0.25, -0.2) is 4.39 Å². The molecule has 0 heterocycles. The highest BCUT2D eigenvalue weighted by molar-refractivity contribution is 9.09. The van der Waals surface area contributed by atoms with Crippen molar-refractivity contribution in [1.29, 1.82) is 0 Å². The molecule has 64 valence electrons. The highest BCUT2D eigenvalue weighted by atomic mass is 79.9. The fourth-order valence-electron chi connectivity index (χ4n) is 0.938. The van der Waals surface area contributed by atoms with Crippen LogP contribution in [0.2, 0.25) is 0 Å². The van der Waals surface area contributed by atoms with Gasteiger partial charge in [-0.1, -0.05) is 40.2 Å². The minimum absolute atomic E-state index is 0.191. The average Bonchev–Trinajstić information content (AvgIpc) is 2.09. The van der Waals surface area contributed by atoms with Crippen molar-refractivity contribution in [3.8, 4) is 0 Å². The number of rotatable bonds is 3. The highest BCUT2D eigenvalue weighted by Gasteiger charge is 1.95. The van der Waals surface area contributed by atoms with Gasteiger partial charge in [-0.05, 0) is 24.1 Å². The molecule has 1 aromatic rings. The lowest BCUT2D eigenvalue weighted by Crippen LogP contribution is -1.89. The summed E-state index contributed by atoms with van der Waals surface area (Å²) in [6.45, 7) is 3.85. The Labute approximate surface area is 80.2 Å². The van der Waals surface area contributed by atoms with Crippen LogP contribution < -0.4 is 0 Å². The quantitative estimate of drug-likeness (QED) is 0.551. The Morgan fingerprint density at radius 2 is 1.92 bits per heavy atom. The number of benzene rings is 1. The molecule has 0 saturated carbocycles. The molecule has 0 fully saturated rings. The van der Waals surface area contributed by atoms with Gasteiger partial charge in [-0.3, -0.25) is 0 Å². The van der Waals surface area contributed by atoms with E-state index in [0.717, 1.165) is 22.9 Å². The minimum Gasteiger partial charge on any atom is -0.207 e. The topological polar surface area (TPSA) is 0 Å². The first-order chi connectivity index (χ1) is 5.72. The van der Waals surface area contributed by atoms with E-state index in [9.17, 15) is 4.39 Å². The first-order valence-corrected chi connectivity index (χ1v) is 4.81. The number of halogens is 2. The van der Waals surface area contributed by atoms with Gasteiger partial charge in [0.05, 0.1) is 0 Å². The van der Waals surface area contributed by atoms with E-state index in [-0.39, 0.29) is 5.82 Å². The Morgan fingerprint density at radius 1 is 1.33 bits per heavy atom. The van der Waals surface area contributed by atoms with E-state index >= 15 is 0 Å². The number of alkyl halides is 1. The third kappa shape index (κ3) is 2.78. The third-order valence-corrected chi connectivity index (χ3v) is 2.35. The molecule has 0 aliphatic heterocycles. The van der Waals surface area contributed by atoms with Crippen LogP contribution >= 0.6 is 15.9 Å². The maximum Gasteiger partial charge on any atom is 0.123 e. The van der Waals surface area contributed by atoms with E-state index < -0.39 is 0 Å². The van der Waals surface area contributed by atoms with Crippen LogP contribution in [0.1, 0.15) is 5.56 Å². The molecular formula is C10H10BrF. The molecule has 0 radical (unpaired) electrons. The Morgan fingerprint density at radius 3 is 2.42 bits per heavy atom. The summed E-state index contributed by atoms with van der Waals surface area (Å²) in [7, 11) is 0. The minimum atomic E-state index is -0.191. The molecule has 1 aromatic carbocycles. The zero-order valence-electron chi connectivity index (χ0n) is 6.69. The third-order valence-electron chi connectivity index (χ3n) is 1.56. The molecule has 0 aliphatic carbocycles. The zero-order valence-corrected chi connectivity index (χ0v) is 8.27. The fourth-order valence-corrected chi connectivity index (χ4v) is 1.14. The summed E-state index contributed by atoms with van der Waals surface area (Å²) in [4.78, 5) is 0. The predicted octanol–water partition coefficient (Wildman–Crippen LogP) is 3.32. The van der Waals surface area contributed by atoms with Crippen molar-refractivity contribution in [2.75, 3.05) is 5.33 Å². The SMILES string of the molecule is C=C(CBr)Cc1ccc(F)cc1. The van der Waals surface area contributed by atoms with E-state index in [1.807, 2.05) is 0 Å². The standard InChI is InChI=1S/C10H10BrF/c1-8(7-11)6-9-2-4-10(12)5-3-9/h2-5H,1,6-7H2. The van der Waals surface area contributed by atoms with Crippen LogP contribution in [-0.4, -0.2) is 5.33 Å². The van der Waals surface area contributed by atoms with Gasteiger partial charge in [0, 0.05) is 5.33 Å². The van der Waals surface area contributed by atoms with E-state index in [1.165, 1.54) is 12.1 Å². The summed E-state index contributed by atoms with van der Waals surface area (Å²) in [6, 6.07) is 6.50. The lowest BCUT2D eigenvalue weighted by Gasteiger charge is -2.00. The van der Waals surface area contributed by atoms with Crippen LogP contribution in [0.5, 0.6) is 0 Å². The van der Waals surface area contributed by atoms with Gasteiger partial charge >= 0.3 is 0 Å². The first-order valence-electron chi connectivity index (χ1n) is 3.69. The molecule has 0 N–H and O–H groups in total. The summed E-state index contributed by atoms with van der Waals surface area (Å²) in [6.07, 6.45) is 0.811. The van der Waals surface area contributed by atoms with Crippen molar-refractivity contribution in [1.82, 2.24) is 0 Å². The Hall–Kier alpha value is -0.630. The summed E-state index contributed by atoms with van der Waals surface area (Å²) < 4.78 is 12.5. The Balaban J connectivity index is 2.64. The molecular weight excluding hydrogens is 219 g/mol. The first kappa shape index (κ1) is 9.46. The van der Waals surface area contributed by atoms with E-state index in [2.05, 4.69) is 22.5 Å². The molecule has 0 aliphatic rings. The molecule has 0 nitrogen and oxygen atoms in total. The fraction of sp³-hybridized carbons (Fsp3) is 0.200. The van der Waals surface area contributed by atoms with Gasteiger partial charge in [-0.2, -0.15) is 0 Å². The molecule has 0 saturated heterocycles. The molecule has 0 unspecified atom stereocenters. The molecule has 1 rings (SSSR count). The van der Waals surface area contributed by atoms with Gasteiger partial charge in [-0.15, -0.1) is 0 Å². The van der Waals surface area contributed by atoms with Gasteiger partial charge in [0.2, 0.25) is 0 Å². The number of hydrogen-bond donors (Lipinski definition) is 0. The van der Waals surface area contributed by atoms with E-state index in [4.69, 9.17) is 0 Å².